The van der Waals surface area contributed by atoms with E-state index < -0.39 is 6.10 Å². The van der Waals surface area contributed by atoms with Gasteiger partial charge in [-0.05, 0) is 53.1 Å². The van der Waals surface area contributed by atoms with Crippen LogP contribution in [0.5, 0.6) is 0 Å². The molecule has 1 aliphatic rings. The molecule has 1 amide bonds. The Morgan fingerprint density at radius 3 is 2.03 bits per heavy atom. The zero-order valence-electron chi connectivity index (χ0n) is 15.8. The summed E-state index contributed by atoms with van der Waals surface area (Å²) in [5.41, 5.74) is 2.94. The van der Waals surface area contributed by atoms with Crippen LogP contribution >= 0.6 is 23.2 Å². The van der Waals surface area contributed by atoms with E-state index in [4.69, 9.17) is 27.9 Å². The van der Waals surface area contributed by atoms with Crippen LogP contribution in [0.3, 0.4) is 0 Å². The summed E-state index contributed by atoms with van der Waals surface area (Å²) in [6.45, 7) is 0. The van der Waals surface area contributed by atoms with Gasteiger partial charge >= 0.3 is 0 Å². The average molecular weight is 427 g/mol. The van der Waals surface area contributed by atoms with E-state index in [9.17, 15) is 4.79 Å². The smallest absolute Gasteiger partial charge is 0.252 e. The number of likely N-dealkylation sites (N-methyl/N-ethyl adjacent to an activating group) is 1. The molecular weight excluding hydrogens is 407 g/mol. The third-order valence-electron chi connectivity index (χ3n) is 5.22. The van der Waals surface area contributed by atoms with Gasteiger partial charge in [-0.15, -0.1) is 0 Å². The van der Waals surface area contributed by atoms with Crippen LogP contribution in [0.15, 0.2) is 73.1 Å². The molecule has 0 saturated carbocycles. The van der Waals surface area contributed by atoms with E-state index in [0.717, 1.165) is 16.7 Å². The van der Waals surface area contributed by atoms with Gasteiger partial charge in [0.1, 0.15) is 12.2 Å². The van der Waals surface area contributed by atoms with Gasteiger partial charge in [-0.3, -0.25) is 9.78 Å². The van der Waals surface area contributed by atoms with Gasteiger partial charge in [0.15, 0.2) is 0 Å². The molecule has 0 radical (unpaired) electrons. The number of benzene rings is 2. The maximum atomic E-state index is 13.1. The lowest BCUT2D eigenvalue weighted by Gasteiger charge is -2.43. The fraction of sp³-hybridized carbons (Fsp3) is 0.217. The molecule has 3 aromatic rings. The van der Waals surface area contributed by atoms with Crippen LogP contribution in [-0.2, 0) is 16.0 Å². The summed E-state index contributed by atoms with van der Waals surface area (Å²) >= 11 is 12.2. The topological polar surface area (TPSA) is 42.4 Å². The SMILES string of the molecule is CN1C(=O)C(Cc2ccncc2)OC(c2ccc(Cl)cc2)C1c1ccc(Cl)cc1. The Labute approximate surface area is 180 Å². The monoisotopic (exact) mass is 426 g/mol. The molecule has 29 heavy (non-hydrogen) atoms. The second kappa shape index (κ2) is 8.54. The van der Waals surface area contributed by atoms with E-state index in [1.165, 1.54) is 0 Å². The van der Waals surface area contributed by atoms with E-state index in [1.807, 2.05) is 67.7 Å². The minimum absolute atomic E-state index is 0.0491. The molecule has 0 aliphatic carbocycles. The first kappa shape index (κ1) is 19.9. The second-order valence-corrected chi connectivity index (χ2v) is 7.97. The molecule has 1 fully saturated rings. The van der Waals surface area contributed by atoms with Gasteiger partial charge < -0.3 is 9.64 Å². The van der Waals surface area contributed by atoms with Crippen molar-refractivity contribution in [1.29, 1.82) is 0 Å². The minimum Gasteiger partial charge on any atom is -0.358 e. The Balaban J connectivity index is 1.71. The third-order valence-corrected chi connectivity index (χ3v) is 5.72. The quantitative estimate of drug-likeness (QED) is 0.570. The van der Waals surface area contributed by atoms with Crippen molar-refractivity contribution in [3.8, 4) is 0 Å². The number of ether oxygens (including phenoxy) is 1. The number of hydrogen-bond acceptors (Lipinski definition) is 3. The minimum atomic E-state index is -0.577. The number of nitrogens with zero attached hydrogens (tertiary/aromatic N) is 2. The molecule has 0 bridgehead atoms. The number of halogens is 2. The van der Waals surface area contributed by atoms with Crippen molar-refractivity contribution >= 4 is 29.1 Å². The number of pyridine rings is 1. The molecular formula is C23H20Cl2N2O2. The van der Waals surface area contributed by atoms with Crippen molar-refractivity contribution in [1.82, 2.24) is 9.88 Å². The van der Waals surface area contributed by atoms with E-state index in [-0.39, 0.29) is 18.1 Å². The molecule has 3 atom stereocenters. The average Bonchev–Trinajstić information content (AvgIpc) is 2.74. The zero-order chi connectivity index (χ0) is 20.4. The van der Waals surface area contributed by atoms with Crippen LogP contribution in [0.2, 0.25) is 10.0 Å². The molecule has 1 aromatic heterocycles. The van der Waals surface area contributed by atoms with Crippen LogP contribution in [0, 0.1) is 0 Å². The van der Waals surface area contributed by atoms with Crippen molar-refractivity contribution in [2.24, 2.45) is 0 Å². The summed E-state index contributed by atoms with van der Waals surface area (Å²) in [5, 5.41) is 1.31. The van der Waals surface area contributed by atoms with Crippen molar-refractivity contribution in [3.05, 3.63) is 99.8 Å². The lowest BCUT2D eigenvalue weighted by Crippen LogP contribution is -2.49. The zero-order valence-corrected chi connectivity index (χ0v) is 17.3. The molecule has 4 nitrogen and oxygen atoms in total. The highest BCUT2D eigenvalue weighted by atomic mass is 35.5. The molecule has 2 heterocycles. The molecule has 6 heteroatoms. The molecule has 1 saturated heterocycles. The first-order chi connectivity index (χ1) is 14.0. The molecule has 0 N–H and O–H groups in total. The van der Waals surface area contributed by atoms with Gasteiger partial charge in [-0.1, -0.05) is 47.5 Å². The number of carbonyl (C=O) groups is 1. The highest BCUT2D eigenvalue weighted by Gasteiger charge is 2.42. The van der Waals surface area contributed by atoms with Crippen molar-refractivity contribution < 1.29 is 9.53 Å². The molecule has 0 spiro atoms. The van der Waals surface area contributed by atoms with Crippen LogP contribution in [0.25, 0.3) is 0 Å². The Morgan fingerprint density at radius 2 is 1.45 bits per heavy atom. The van der Waals surface area contributed by atoms with Gasteiger partial charge in [0, 0.05) is 35.9 Å². The summed E-state index contributed by atoms with van der Waals surface area (Å²) in [7, 11) is 1.83. The normalized spacial score (nSPS) is 22.0. The predicted molar refractivity (Wildman–Crippen MR) is 114 cm³/mol. The first-order valence-corrected chi connectivity index (χ1v) is 10.1. The Kier molecular flexibility index (Phi) is 5.86. The number of aromatic nitrogens is 1. The molecule has 148 valence electrons. The van der Waals surface area contributed by atoms with Gasteiger partial charge in [-0.25, -0.2) is 0 Å². The predicted octanol–water partition coefficient (Wildman–Crippen LogP) is 5.27. The van der Waals surface area contributed by atoms with Crippen molar-refractivity contribution in [2.45, 2.75) is 24.7 Å². The van der Waals surface area contributed by atoms with Crippen LogP contribution in [0.4, 0.5) is 0 Å². The Bertz CT molecular complexity index is 978. The number of amides is 1. The molecule has 2 aromatic carbocycles. The fourth-order valence-corrected chi connectivity index (χ4v) is 3.97. The number of carbonyl (C=O) groups excluding carboxylic acids is 1. The largest absolute Gasteiger partial charge is 0.358 e. The summed E-state index contributed by atoms with van der Waals surface area (Å²) < 4.78 is 6.41. The maximum absolute atomic E-state index is 13.1. The summed E-state index contributed by atoms with van der Waals surface area (Å²) in [5.74, 6) is -0.0491. The van der Waals surface area contributed by atoms with Crippen LogP contribution in [0.1, 0.15) is 28.8 Å². The number of rotatable bonds is 4. The maximum Gasteiger partial charge on any atom is 0.252 e. The van der Waals surface area contributed by atoms with Gasteiger partial charge in [0.2, 0.25) is 0 Å². The van der Waals surface area contributed by atoms with Crippen molar-refractivity contribution in [2.75, 3.05) is 7.05 Å². The third kappa shape index (κ3) is 4.30. The standard InChI is InChI=1S/C23H20Cl2N2O2/c1-27-21(16-2-6-18(24)7-3-16)22(17-4-8-19(25)9-5-17)29-20(23(27)28)14-15-10-12-26-13-11-15/h2-13,20-22H,14H2,1H3. The molecule has 4 rings (SSSR count). The summed E-state index contributed by atoms with van der Waals surface area (Å²) in [6, 6.07) is 18.6. The number of hydrogen-bond donors (Lipinski definition) is 0. The fourth-order valence-electron chi connectivity index (χ4n) is 3.72. The summed E-state index contributed by atoms with van der Waals surface area (Å²) in [4.78, 5) is 19.0. The van der Waals surface area contributed by atoms with Gasteiger partial charge in [0.05, 0.1) is 6.04 Å². The van der Waals surface area contributed by atoms with E-state index in [0.29, 0.717) is 16.5 Å². The molecule has 3 unspecified atom stereocenters. The van der Waals surface area contributed by atoms with Crippen molar-refractivity contribution in [3.63, 3.8) is 0 Å². The van der Waals surface area contributed by atoms with E-state index in [2.05, 4.69) is 4.98 Å². The first-order valence-electron chi connectivity index (χ1n) is 9.35. The molecule has 1 aliphatic heterocycles. The Hall–Kier alpha value is -2.40. The van der Waals surface area contributed by atoms with Gasteiger partial charge in [0.25, 0.3) is 5.91 Å². The lowest BCUT2D eigenvalue weighted by atomic mass is 9.91. The number of morpholine rings is 1. The highest BCUT2D eigenvalue weighted by Crippen LogP contribution is 2.42. The second-order valence-electron chi connectivity index (χ2n) is 7.10. The highest BCUT2D eigenvalue weighted by molar-refractivity contribution is 6.30. The van der Waals surface area contributed by atoms with Crippen LogP contribution < -0.4 is 0 Å². The summed E-state index contributed by atoms with van der Waals surface area (Å²) in [6.07, 6.45) is 3.02. The van der Waals surface area contributed by atoms with E-state index in [1.54, 1.807) is 17.3 Å². The van der Waals surface area contributed by atoms with Crippen LogP contribution in [-0.4, -0.2) is 28.9 Å². The van der Waals surface area contributed by atoms with E-state index >= 15 is 0 Å². The lowest BCUT2D eigenvalue weighted by molar-refractivity contribution is -0.171. The Morgan fingerprint density at radius 1 is 0.897 bits per heavy atom. The van der Waals surface area contributed by atoms with Gasteiger partial charge in [-0.2, -0.15) is 0 Å².